The molecule has 0 spiro atoms. The van der Waals surface area contributed by atoms with Crippen LogP contribution in [0.4, 0.5) is 0 Å². The van der Waals surface area contributed by atoms with Crippen LogP contribution in [0.1, 0.15) is 0 Å². The van der Waals surface area contributed by atoms with Crippen molar-refractivity contribution in [1.82, 2.24) is 15.1 Å². The van der Waals surface area contributed by atoms with Crippen LogP contribution in [0.5, 0.6) is 0 Å². The lowest BCUT2D eigenvalue weighted by Gasteiger charge is -2.30. The molecule has 2 rings (SSSR count). The summed E-state index contributed by atoms with van der Waals surface area (Å²) in [4.78, 5) is 25.8. The van der Waals surface area contributed by atoms with Crippen molar-refractivity contribution in [2.75, 3.05) is 32.8 Å². The van der Waals surface area contributed by atoms with E-state index < -0.39 is 0 Å². The van der Waals surface area contributed by atoms with E-state index in [1.54, 1.807) is 0 Å². The fraction of sp³-hybridized carbons (Fsp3) is 0.556. The monoisotopic (exact) mass is 231 g/mol. The Kier molecular flexibility index (Phi) is 4.26. The Balaban J connectivity index is 0.00000112. The van der Waals surface area contributed by atoms with Crippen molar-refractivity contribution >= 4 is 24.2 Å². The Morgan fingerprint density at radius 3 is 2.20 bits per heavy atom. The van der Waals surface area contributed by atoms with Gasteiger partial charge in [-0.25, -0.2) is 0 Å². The molecule has 0 aromatic heterocycles. The number of amides is 2. The topological polar surface area (TPSA) is 52.7 Å². The van der Waals surface area contributed by atoms with Gasteiger partial charge < -0.3 is 5.32 Å². The van der Waals surface area contributed by atoms with Crippen LogP contribution in [0.3, 0.4) is 0 Å². The molecule has 15 heavy (non-hydrogen) atoms. The number of hydrogen-bond acceptors (Lipinski definition) is 4. The number of carbonyl (C=O) groups is 2. The molecular formula is C9H14ClN3O2. The first kappa shape index (κ1) is 12.2. The zero-order valence-electron chi connectivity index (χ0n) is 8.31. The molecule has 2 heterocycles. The zero-order valence-corrected chi connectivity index (χ0v) is 9.13. The largest absolute Gasteiger partial charge is 0.314 e. The van der Waals surface area contributed by atoms with Gasteiger partial charge in [0.2, 0.25) is 0 Å². The minimum Gasteiger partial charge on any atom is -0.314 e. The van der Waals surface area contributed by atoms with Gasteiger partial charge >= 0.3 is 0 Å². The Morgan fingerprint density at radius 2 is 1.67 bits per heavy atom. The van der Waals surface area contributed by atoms with Crippen LogP contribution in [-0.4, -0.2) is 54.5 Å². The standard InChI is InChI=1S/C9H13N3O2.ClH/c13-8-1-2-9(14)12(8)7-11-5-3-10-4-6-11;/h1-2,10H,3-7H2;1H. The van der Waals surface area contributed by atoms with Crippen LogP contribution in [0.15, 0.2) is 12.2 Å². The summed E-state index contributed by atoms with van der Waals surface area (Å²) < 4.78 is 0. The minimum atomic E-state index is -0.200. The summed E-state index contributed by atoms with van der Waals surface area (Å²) in [5, 5.41) is 3.22. The molecule has 2 aliphatic heterocycles. The van der Waals surface area contributed by atoms with E-state index in [9.17, 15) is 9.59 Å². The van der Waals surface area contributed by atoms with E-state index in [1.807, 2.05) is 0 Å². The number of nitrogens with one attached hydrogen (secondary N) is 1. The van der Waals surface area contributed by atoms with Gasteiger partial charge in [0, 0.05) is 38.3 Å². The van der Waals surface area contributed by atoms with Crippen LogP contribution < -0.4 is 5.32 Å². The van der Waals surface area contributed by atoms with E-state index in [0.717, 1.165) is 26.2 Å². The van der Waals surface area contributed by atoms with Crippen molar-refractivity contribution in [1.29, 1.82) is 0 Å². The van der Waals surface area contributed by atoms with Crippen molar-refractivity contribution in [2.24, 2.45) is 0 Å². The molecule has 6 heteroatoms. The van der Waals surface area contributed by atoms with E-state index >= 15 is 0 Å². The lowest BCUT2D eigenvalue weighted by Crippen LogP contribution is -2.49. The van der Waals surface area contributed by atoms with Gasteiger partial charge in [0.05, 0.1) is 6.67 Å². The Bertz CT molecular complexity index is 269. The summed E-state index contributed by atoms with van der Waals surface area (Å²) >= 11 is 0. The third-order valence-corrected chi connectivity index (χ3v) is 2.45. The maximum atomic E-state index is 11.2. The van der Waals surface area contributed by atoms with Gasteiger partial charge in [-0.1, -0.05) is 0 Å². The Hall–Kier alpha value is -0.910. The molecule has 0 atom stereocenters. The highest BCUT2D eigenvalue weighted by atomic mass is 35.5. The molecule has 2 amide bonds. The number of nitrogens with zero attached hydrogens (tertiary/aromatic N) is 2. The molecule has 0 aromatic carbocycles. The Morgan fingerprint density at radius 1 is 1.13 bits per heavy atom. The van der Waals surface area contributed by atoms with Gasteiger partial charge in [0.1, 0.15) is 0 Å². The molecule has 0 bridgehead atoms. The summed E-state index contributed by atoms with van der Waals surface area (Å²) in [7, 11) is 0. The molecule has 0 unspecified atom stereocenters. The number of hydrogen-bond donors (Lipinski definition) is 1. The Labute approximate surface area is 94.5 Å². The van der Waals surface area contributed by atoms with Gasteiger partial charge in [-0.2, -0.15) is 0 Å². The van der Waals surface area contributed by atoms with Crippen molar-refractivity contribution in [3.8, 4) is 0 Å². The van der Waals surface area contributed by atoms with E-state index in [4.69, 9.17) is 0 Å². The summed E-state index contributed by atoms with van der Waals surface area (Å²) in [5.74, 6) is -0.401. The van der Waals surface area contributed by atoms with Crippen LogP contribution >= 0.6 is 12.4 Å². The number of imide groups is 1. The first-order valence-electron chi connectivity index (χ1n) is 4.74. The van der Waals surface area contributed by atoms with Gasteiger partial charge in [0.25, 0.3) is 11.8 Å². The van der Waals surface area contributed by atoms with Crippen LogP contribution in [0.25, 0.3) is 0 Å². The normalized spacial score (nSPS) is 22.0. The third kappa shape index (κ3) is 2.77. The lowest BCUT2D eigenvalue weighted by molar-refractivity contribution is -0.139. The molecule has 1 N–H and O–H groups in total. The first-order chi connectivity index (χ1) is 6.77. The molecule has 0 radical (unpaired) electrons. The predicted molar refractivity (Wildman–Crippen MR) is 57.6 cm³/mol. The molecule has 1 fully saturated rings. The lowest BCUT2D eigenvalue weighted by atomic mass is 10.4. The van der Waals surface area contributed by atoms with E-state index in [0.29, 0.717) is 6.67 Å². The molecule has 5 nitrogen and oxygen atoms in total. The summed E-state index contributed by atoms with van der Waals surface area (Å²) in [6, 6.07) is 0. The molecule has 0 aromatic rings. The van der Waals surface area contributed by atoms with Gasteiger partial charge in [-0.15, -0.1) is 12.4 Å². The summed E-state index contributed by atoms with van der Waals surface area (Å²) in [6.07, 6.45) is 2.65. The minimum absolute atomic E-state index is 0. The van der Waals surface area contributed by atoms with Crippen molar-refractivity contribution < 1.29 is 9.59 Å². The molecule has 1 saturated heterocycles. The third-order valence-electron chi connectivity index (χ3n) is 2.45. The van der Waals surface area contributed by atoms with Crippen molar-refractivity contribution in [2.45, 2.75) is 0 Å². The number of piperazine rings is 1. The predicted octanol–water partition coefficient (Wildman–Crippen LogP) is -0.804. The zero-order chi connectivity index (χ0) is 9.97. The maximum absolute atomic E-state index is 11.2. The average molecular weight is 232 g/mol. The van der Waals surface area contributed by atoms with Gasteiger partial charge in [-0.3, -0.25) is 19.4 Å². The van der Waals surface area contributed by atoms with Gasteiger partial charge in [-0.05, 0) is 0 Å². The molecule has 84 valence electrons. The summed E-state index contributed by atoms with van der Waals surface area (Å²) in [5.41, 5.74) is 0. The van der Waals surface area contributed by atoms with E-state index in [2.05, 4.69) is 10.2 Å². The number of carbonyl (C=O) groups excluding carboxylic acids is 2. The van der Waals surface area contributed by atoms with Crippen LogP contribution in [-0.2, 0) is 9.59 Å². The van der Waals surface area contributed by atoms with Crippen molar-refractivity contribution in [3.05, 3.63) is 12.2 Å². The second-order valence-electron chi connectivity index (χ2n) is 3.45. The second-order valence-corrected chi connectivity index (χ2v) is 3.45. The van der Waals surface area contributed by atoms with E-state index in [-0.39, 0.29) is 24.2 Å². The molecule has 2 aliphatic rings. The number of rotatable bonds is 2. The van der Waals surface area contributed by atoms with Crippen LogP contribution in [0.2, 0.25) is 0 Å². The number of halogens is 1. The quantitative estimate of drug-likeness (QED) is 0.632. The summed E-state index contributed by atoms with van der Waals surface area (Å²) in [6.45, 7) is 4.04. The first-order valence-corrected chi connectivity index (χ1v) is 4.74. The maximum Gasteiger partial charge on any atom is 0.254 e. The highest BCUT2D eigenvalue weighted by Gasteiger charge is 2.25. The highest BCUT2D eigenvalue weighted by molar-refractivity contribution is 6.12. The molecular weight excluding hydrogens is 218 g/mol. The van der Waals surface area contributed by atoms with Crippen LogP contribution in [0, 0.1) is 0 Å². The van der Waals surface area contributed by atoms with E-state index in [1.165, 1.54) is 17.1 Å². The fourth-order valence-electron chi connectivity index (χ4n) is 1.62. The molecule has 0 saturated carbocycles. The second kappa shape index (κ2) is 5.25. The average Bonchev–Trinajstić information content (AvgIpc) is 2.51. The smallest absolute Gasteiger partial charge is 0.254 e. The SMILES string of the molecule is Cl.O=C1C=CC(=O)N1CN1CCNCC1. The fourth-order valence-corrected chi connectivity index (χ4v) is 1.62. The van der Waals surface area contributed by atoms with Gasteiger partial charge in [0.15, 0.2) is 0 Å². The highest BCUT2D eigenvalue weighted by Crippen LogP contribution is 2.05. The van der Waals surface area contributed by atoms with Crippen molar-refractivity contribution in [3.63, 3.8) is 0 Å². The molecule has 0 aliphatic carbocycles.